The van der Waals surface area contributed by atoms with Crippen molar-refractivity contribution in [2.24, 2.45) is 0 Å². The van der Waals surface area contributed by atoms with E-state index >= 15 is 0 Å². The van der Waals surface area contributed by atoms with Gasteiger partial charge in [-0.05, 0) is 71.2 Å². The minimum Gasteiger partial charge on any atom is -0.497 e. The number of rotatable bonds is 5. The molecule has 4 nitrogen and oxygen atoms in total. The van der Waals surface area contributed by atoms with Gasteiger partial charge in [-0.3, -0.25) is 4.79 Å². The van der Waals surface area contributed by atoms with Crippen molar-refractivity contribution in [1.29, 1.82) is 0 Å². The fourth-order valence-corrected chi connectivity index (χ4v) is 3.32. The average molecular weight is 317 g/mol. The molecule has 4 heteroatoms. The van der Waals surface area contributed by atoms with E-state index in [1.807, 2.05) is 29.3 Å². The van der Waals surface area contributed by atoms with E-state index in [1.165, 1.54) is 12.5 Å². The largest absolute Gasteiger partial charge is 0.497 e. The number of allylic oxidation sites excluding steroid dienone is 1. The van der Waals surface area contributed by atoms with Crippen LogP contribution in [0.3, 0.4) is 0 Å². The Morgan fingerprint density at radius 1 is 1.09 bits per heavy atom. The summed E-state index contributed by atoms with van der Waals surface area (Å²) < 4.78 is 5.18. The molecule has 126 valence electrons. The maximum atomic E-state index is 11.1. The number of nitrogens with zero attached hydrogens (tertiary/aromatic N) is 1. The molecule has 0 radical (unpaired) electrons. The molecule has 0 spiro atoms. The molecule has 1 aliphatic heterocycles. The quantitative estimate of drug-likeness (QED) is 0.463. The summed E-state index contributed by atoms with van der Waals surface area (Å²) in [6.07, 6.45) is 5.54. The molecule has 1 saturated heterocycles. The third-order valence-corrected chi connectivity index (χ3v) is 4.46. The Bertz CT molecular complexity index is 557. The van der Waals surface area contributed by atoms with Gasteiger partial charge in [-0.2, -0.15) is 0 Å². The minimum absolute atomic E-state index is 0.0871. The van der Waals surface area contributed by atoms with Gasteiger partial charge < -0.3 is 9.57 Å². The Kier molecular flexibility index (Phi) is 5.15. The lowest BCUT2D eigenvalue weighted by molar-refractivity contribution is -0.236. The zero-order chi connectivity index (χ0) is 17.1. The van der Waals surface area contributed by atoms with E-state index in [9.17, 15) is 4.79 Å². The smallest absolute Gasteiger partial charge is 0.157 e. The third-order valence-electron chi connectivity index (χ3n) is 4.46. The van der Waals surface area contributed by atoms with Crippen LogP contribution in [0.5, 0.6) is 5.75 Å². The highest BCUT2D eigenvalue weighted by Crippen LogP contribution is 2.40. The summed E-state index contributed by atoms with van der Waals surface area (Å²) >= 11 is 0. The van der Waals surface area contributed by atoms with Gasteiger partial charge in [-0.15, -0.1) is 5.06 Å². The topological polar surface area (TPSA) is 38.8 Å². The molecule has 1 aromatic rings. The average Bonchev–Trinajstić information content (AvgIpc) is 2.49. The molecule has 0 atom stereocenters. The van der Waals surface area contributed by atoms with E-state index in [0.717, 1.165) is 30.4 Å². The van der Waals surface area contributed by atoms with Gasteiger partial charge in [0, 0.05) is 11.6 Å². The van der Waals surface area contributed by atoms with Crippen LogP contribution in [0.4, 0.5) is 0 Å². The normalized spacial score (nSPS) is 20.8. The molecule has 1 aromatic carbocycles. The minimum atomic E-state index is -0.0871. The van der Waals surface area contributed by atoms with Crippen molar-refractivity contribution >= 4 is 12.0 Å². The first-order valence-corrected chi connectivity index (χ1v) is 8.08. The Morgan fingerprint density at radius 3 is 2.13 bits per heavy atom. The summed E-state index contributed by atoms with van der Waals surface area (Å²) in [4.78, 5) is 17.3. The lowest BCUT2D eigenvalue weighted by atomic mass is 9.82. The molecule has 0 aliphatic carbocycles. The van der Waals surface area contributed by atoms with Gasteiger partial charge in [-0.25, -0.2) is 0 Å². The molecule has 1 heterocycles. The summed E-state index contributed by atoms with van der Waals surface area (Å²) in [6, 6.07) is 7.53. The second-order valence-corrected chi connectivity index (χ2v) is 7.26. The fourth-order valence-electron chi connectivity index (χ4n) is 3.32. The highest BCUT2D eigenvalue weighted by Gasteiger charge is 2.43. The van der Waals surface area contributed by atoms with Crippen molar-refractivity contribution in [3.63, 3.8) is 0 Å². The van der Waals surface area contributed by atoms with Crippen molar-refractivity contribution in [1.82, 2.24) is 5.06 Å². The first kappa shape index (κ1) is 17.5. The Hall–Kier alpha value is -1.81. The van der Waals surface area contributed by atoms with Crippen LogP contribution in [0, 0.1) is 0 Å². The van der Waals surface area contributed by atoms with Crippen LogP contribution >= 0.6 is 0 Å². The van der Waals surface area contributed by atoms with Gasteiger partial charge in [0.1, 0.15) is 12.0 Å². The Balaban J connectivity index is 2.31. The number of methoxy groups -OCH3 is 1. The molecular weight excluding hydrogens is 290 g/mol. The Morgan fingerprint density at radius 2 is 1.65 bits per heavy atom. The molecule has 0 saturated carbocycles. The lowest BCUT2D eigenvalue weighted by Gasteiger charge is -2.51. The van der Waals surface area contributed by atoms with Crippen molar-refractivity contribution in [2.75, 3.05) is 7.11 Å². The second kappa shape index (κ2) is 6.75. The highest BCUT2D eigenvalue weighted by molar-refractivity contribution is 5.78. The van der Waals surface area contributed by atoms with Crippen LogP contribution in [0.15, 0.2) is 30.3 Å². The number of hydrogen-bond donors (Lipinski definition) is 0. The first-order valence-electron chi connectivity index (χ1n) is 8.08. The van der Waals surface area contributed by atoms with E-state index < -0.39 is 0 Å². The van der Waals surface area contributed by atoms with Gasteiger partial charge in [-0.1, -0.05) is 0 Å². The van der Waals surface area contributed by atoms with E-state index in [1.54, 1.807) is 7.11 Å². The van der Waals surface area contributed by atoms with Crippen molar-refractivity contribution in [2.45, 2.75) is 58.0 Å². The van der Waals surface area contributed by atoms with E-state index in [4.69, 9.17) is 9.57 Å². The summed E-state index contributed by atoms with van der Waals surface area (Å²) in [6.45, 7) is 8.72. The number of ether oxygens (including phenoxy) is 1. The summed E-state index contributed by atoms with van der Waals surface area (Å²) in [5, 5.41) is 2.04. The van der Waals surface area contributed by atoms with E-state index in [2.05, 4.69) is 27.7 Å². The first-order chi connectivity index (χ1) is 10.8. The number of carbonyl (C=O) groups excluding carboxylic acids is 1. The van der Waals surface area contributed by atoms with E-state index in [-0.39, 0.29) is 11.1 Å². The fraction of sp³-hybridized carbons (Fsp3) is 0.526. The van der Waals surface area contributed by atoms with Crippen molar-refractivity contribution in [3.05, 3.63) is 35.9 Å². The van der Waals surface area contributed by atoms with Gasteiger partial charge in [0.15, 0.2) is 5.76 Å². The second-order valence-electron chi connectivity index (χ2n) is 7.26. The molecule has 0 N–H and O–H groups in total. The number of piperidine rings is 1. The van der Waals surface area contributed by atoms with Gasteiger partial charge in [0.2, 0.25) is 0 Å². The van der Waals surface area contributed by atoms with Crippen LogP contribution in [-0.4, -0.2) is 29.5 Å². The molecule has 0 amide bonds. The zero-order valence-electron chi connectivity index (χ0n) is 14.8. The van der Waals surface area contributed by atoms with Crippen LogP contribution in [0.2, 0.25) is 0 Å². The lowest BCUT2D eigenvalue weighted by Crippen LogP contribution is -2.57. The maximum Gasteiger partial charge on any atom is 0.157 e. The molecule has 1 aliphatic rings. The molecule has 1 fully saturated rings. The number of hydroxylamine groups is 2. The molecular formula is C19H27NO3. The van der Waals surface area contributed by atoms with Crippen molar-refractivity contribution in [3.8, 4) is 5.75 Å². The number of benzene rings is 1. The van der Waals surface area contributed by atoms with Gasteiger partial charge >= 0.3 is 0 Å². The standard InChI is InChI=1S/C19H27NO3/c1-18(2)12-6-13-19(3,4)20(18)23-17(11-14-21)15-7-9-16(22-5)10-8-15/h7-11,14H,6,12-13H2,1-5H3/b17-11+. The number of hydrogen-bond acceptors (Lipinski definition) is 4. The third kappa shape index (κ3) is 3.94. The predicted molar refractivity (Wildman–Crippen MR) is 92.0 cm³/mol. The molecule has 0 unspecified atom stereocenters. The maximum absolute atomic E-state index is 11.1. The van der Waals surface area contributed by atoms with Crippen LogP contribution in [0.25, 0.3) is 5.76 Å². The Labute approximate surface area is 139 Å². The van der Waals surface area contributed by atoms with Gasteiger partial charge in [0.05, 0.1) is 18.2 Å². The zero-order valence-corrected chi connectivity index (χ0v) is 14.8. The van der Waals surface area contributed by atoms with Crippen LogP contribution < -0.4 is 4.74 Å². The monoisotopic (exact) mass is 317 g/mol. The molecule has 0 bridgehead atoms. The highest BCUT2D eigenvalue weighted by atomic mass is 16.7. The SMILES string of the molecule is COc1ccc(/C(=C\C=O)ON2C(C)(C)CCCC2(C)C)cc1. The number of aldehydes is 1. The molecule has 23 heavy (non-hydrogen) atoms. The predicted octanol–water partition coefficient (Wildman–Crippen LogP) is 4.21. The number of carbonyl (C=O) groups is 1. The van der Waals surface area contributed by atoms with Crippen molar-refractivity contribution < 1.29 is 14.4 Å². The van der Waals surface area contributed by atoms with Crippen LogP contribution in [0.1, 0.15) is 52.5 Å². The van der Waals surface area contributed by atoms with E-state index in [0.29, 0.717) is 5.76 Å². The van der Waals surface area contributed by atoms with Crippen LogP contribution in [-0.2, 0) is 9.63 Å². The summed E-state index contributed by atoms with van der Waals surface area (Å²) in [7, 11) is 1.63. The van der Waals surface area contributed by atoms with Gasteiger partial charge in [0.25, 0.3) is 0 Å². The summed E-state index contributed by atoms with van der Waals surface area (Å²) in [5.41, 5.74) is 0.682. The molecule has 2 rings (SSSR count). The summed E-state index contributed by atoms with van der Waals surface area (Å²) in [5.74, 6) is 1.34. The molecule has 0 aromatic heterocycles.